The molecule has 6 atom stereocenters. The van der Waals surface area contributed by atoms with E-state index in [1.54, 1.807) is 23.7 Å². The van der Waals surface area contributed by atoms with Crippen molar-refractivity contribution in [3.8, 4) is 0 Å². The van der Waals surface area contributed by atoms with Gasteiger partial charge in [-0.25, -0.2) is 9.48 Å². The number of nitrogens with one attached hydrogen (secondary N) is 2. The predicted molar refractivity (Wildman–Crippen MR) is 122 cm³/mol. The van der Waals surface area contributed by atoms with Crippen molar-refractivity contribution in [1.29, 1.82) is 0 Å². The molecule has 180 valence electrons. The lowest BCUT2D eigenvalue weighted by Crippen LogP contribution is -2.62. The van der Waals surface area contributed by atoms with Gasteiger partial charge in [-0.2, -0.15) is 0 Å². The minimum absolute atomic E-state index is 0.0170. The molecule has 12 heteroatoms. The topological polar surface area (TPSA) is 133 Å². The Morgan fingerprint density at radius 1 is 1.42 bits per heavy atom. The van der Waals surface area contributed by atoms with Crippen LogP contribution in [0.25, 0.3) is 0 Å². The molecule has 0 spiro atoms. The van der Waals surface area contributed by atoms with Crippen LogP contribution >= 0.6 is 11.8 Å². The molecule has 2 saturated heterocycles. The number of nitrogens with zero attached hydrogens (tertiary/aromatic N) is 5. The number of likely N-dealkylation sites (N-methyl/N-ethyl adjacent to an activating group) is 1. The molecule has 0 saturated carbocycles. The Balaban J connectivity index is 1.51. The molecule has 3 aliphatic rings. The highest BCUT2D eigenvalue weighted by Gasteiger charge is 2.60. The van der Waals surface area contributed by atoms with Gasteiger partial charge in [0.25, 0.3) is 0 Å². The van der Waals surface area contributed by atoms with E-state index in [1.807, 2.05) is 27.1 Å². The number of hydrogen-bond acceptors (Lipinski definition) is 8. The van der Waals surface area contributed by atoms with Crippen LogP contribution in [0, 0.1) is 11.8 Å². The van der Waals surface area contributed by atoms with Gasteiger partial charge in [-0.1, -0.05) is 12.1 Å². The van der Waals surface area contributed by atoms with E-state index >= 15 is 0 Å². The standard InChI is InChI=1S/C21H31N7O4S/c1-10-16-15(11(2)27-9-12(7-22-3)24-25-27)20(30)28(16)17(21(31)32)18(10)33-13-6-14(23-8-13)19(29)26(4)5/h9-11,13-16,22-23H,6-8H2,1-5H3,(H,31,32)/t10-,11-,13?,14+,15-,16-/m1/s1. The molecular formula is C21H31N7O4S. The minimum Gasteiger partial charge on any atom is -0.477 e. The summed E-state index contributed by atoms with van der Waals surface area (Å²) in [6.45, 7) is 5.11. The molecule has 4 rings (SSSR count). The zero-order chi connectivity index (χ0) is 24.0. The SMILES string of the molecule is CNCc1cn([C@H](C)[C@H]2C(=O)N3C(C(=O)O)=C(SC4CN[C@H](C(=O)N(C)C)C4)[C@H](C)[C@H]23)nn1. The van der Waals surface area contributed by atoms with Gasteiger partial charge < -0.3 is 25.5 Å². The molecule has 1 unspecified atom stereocenters. The molecule has 0 bridgehead atoms. The number of amides is 2. The first-order valence-electron chi connectivity index (χ1n) is 11.1. The monoisotopic (exact) mass is 477 g/mol. The fourth-order valence-electron chi connectivity index (χ4n) is 5.09. The highest BCUT2D eigenvalue weighted by atomic mass is 32.2. The van der Waals surface area contributed by atoms with Gasteiger partial charge in [-0.15, -0.1) is 16.9 Å². The molecule has 3 aliphatic heterocycles. The van der Waals surface area contributed by atoms with Crippen LogP contribution in [0.4, 0.5) is 0 Å². The lowest BCUT2D eigenvalue weighted by atomic mass is 9.78. The summed E-state index contributed by atoms with van der Waals surface area (Å²) in [5.41, 5.74) is 0.867. The van der Waals surface area contributed by atoms with Crippen molar-refractivity contribution in [1.82, 2.24) is 35.4 Å². The fourth-order valence-corrected chi connectivity index (χ4v) is 6.57. The van der Waals surface area contributed by atoms with Gasteiger partial charge in [-0.3, -0.25) is 9.59 Å². The number of carbonyl (C=O) groups is 3. The van der Waals surface area contributed by atoms with E-state index in [1.165, 1.54) is 16.7 Å². The Kier molecular flexibility index (Phi) is 6.52. The van der Waals surface area contributed by atoms with Crippen molar-refractivity contribution < 1.29 is 19.5 Å². The molecule has 1 aromatic heterocycles. The Morgan fingerprint density at radius 2 is 2.15 bits per heavy atom. The van der Waals surface area contributed by atoms with Crippen LogP contribution in [0.5, 0.6) is 0 Å². The van der Waals surface area contributed by atoms with Gasteiger partial charge in [0.05, 0.1) is 35.9 Å². The largest absolute Gasteiger partial charge is 0.477 e. The first-order valence-corrected chi connectivity index (χ1v) is 12.0. The molecule has 11 nitrogen and oxygen atoms in total. The summed E-state index contributed by atoms with van der Waals surface area (Å²) in [5, 5.41) is 24.6. The van der Waals surface area contributed by atoms with Gasteiger partial charge in [0.15, 0.2) is 0 Å². The molecule has 2 amide bonds. The number of carboxylic acid groups (broad SMARTS) is 1. The van der Waals surface area contributed by atoms with E-state index in [0.717, 1.165) is 10.6 Å². The van der Waals surface area contributed by atoms with E-state index in [4.69, 9.17) is 0 Å². The number of fused-ring (bicyclic) bond motifs is 1. The Hall–Kier alpha value is -2.44. The second-order valence-electron chi connectivity index (χ2n) is 9.16. The summed E-state index contributed by atoms with van der Waals surface area (Å²) in [6, 6.07) is -0.741. The molecule has 1 aromatic rings. The van der Waals surface area contributed by atoms with Crippen LogP contribution in [0.2, 0.25) is 0 Å². The second-order valence-corrected chi connectivity index (χ2v) is 10.5. The number of thioether (sulfide) groups is 1. The molecule has 33 heavy (non-hydrogen) atoms. The van der Waals surface area contributed by atoms with E-state index in [0.29, 0.717) is 19.5 Å². The summed E-state index contributed by atoms with van der Waals surface area (Å²) in [7, 11) is 5.28. The van der Waals surface area contributed by atoms with E-state index in [2.05, 4.69) is 20.9 Å². The molecule has 2 fully saturated rings. The van der Waals surface area contributed by atoms with Crippen LogP contribution in [-0.2, 0) is 20.9 Å². The maximum atomic E-state index is 13.1. The Morgan fingerprint density at radius 3 is 2.79 bits per heavy atom. The Labute approximate surface area is 196 Å². The number of aliphatic carboxylic acids is 1. The van der Waals surface area contributed by atoms with Crippen LogP contribution in [0.15, 0.2) is 16.8 Å². The van der Waals surface area contributed by atoms with Crippen LogP contribution < -0.4 is 10.6 Å². The fraction of sp³-hybridized carbons (Fsp3) is 0.667. The summed E-state index contributed by atoms with van der Waals surface area (Å²) >= 11 is 1.49. The third-order valence-corrected chi connectivity index (χ3v) is 8.28. The molecule has 0 aromatic carbocycles. The average Bonchev–Trinajstić information content (AvgIpc) is 3.47. The number of β-lactam (4-membered cyclic amide) rings is 1. The lowest BCUT2D eigenvalue weighted by Gasteiger charge is -2.47. The zero-order valence-corrected chi connectivity index (χ0v) is 20.3. The average molecular weight is 478 g/mol. The highest BCUT2D eigenvalue weighted by Crippen LogP contribution is 2.53. The molecular weight excluding hydrogens is 446 g/mol. The first kappa shape index (κ1) is 23.7. The van der Waals surface area contributed by atoms with Crippen molar-refractivity contribution >= 4 is 29.5 Å². The van der Waals surface area contributed by atoms with Crippen molar-refractivity contribution in [2.24, 2.45) is 11.8 Å². The summed E-state index contributed by atoms with van der Waals surface area (Å²) < 4.78 is 1.70. The minimum atomic E-state index is -1.09. The number of carboxylic acids is 1. The number of rotatable bonds is 8. The maximum Gasteiger partial charge on any atom is 0.353 e. The van der Waals surface area contributed by atoms with Gasteiger partial charge in [0.1, 0.15) is 5.70 Å². The van der Waals surface area contributed by atoms with Crippen molar-refractivity contribution in [2.45, 2.75) is 50.2 Å². The molecule has 0 aliphatic carbocycles. The van der Waals surface area contributed by atoms with Crippen LogP contribution in [0.3, 0.4) is 0 Å². The first-order chi connectivity index (χ1) is 15.6. The van der Waals surface area contributed by atoms with E-state index < -0.39 is 5.97 Å². The predicted octanol–water partition coefficient (Wildman–Crippen LogP) is -0.117. The van der Waals surface area contributed by atoms with Crippen LogP contribution in [-0.4, -0.2) is 92.7 Å². The number of hydrogen-bond donors (Lipinski definition) is 3. The van der Waals surface area contributed by atoms with Crippen LogP contribution in [0.1, 0.15) is 32.0 Å². The van der Waals surface area contributed by atoms with Gasteiger partial charge >= 0.3 is 5.97 Å². The second kappa shape index (κ2) is 9.07. The zero-order valence-electron chi connectivity index (χ0n) is 19.5. The number of aromatic nitrogens is 3. The Bertz CT molecular complexity index is 993. The number of carbonyl (C=O) groups excluding carboxylic acids is 2. The normalized spacial score (nSPS) is 29.8. The summed E-state index contributed by atoms with van der Waals surface area (Å²) in [5.74, 6) is -1.75. The third kappa shape index (κ3) is 4.04. The smallest absolute Gasteiger partial charge is 0.353 e. The lowest BCUT2D eigenvalue weighted by molar-refractivity contribution is -0.159. The van der Waals surface area contributed by atoms with Crippen molar-refractivity contribution in [2.75, 3.05) is 27.7 Å². The maximum absolute atomic E-state index is 13.1. The molecule has 4 heterocycles. The van der Waals surface area contributed by atoms with Gasteiger partial charge in [0.2, 0.25) is 11.8 Å². The molecule has 3 N–H and O–H groups in total. The van der Waals surface area contributed by atoms with E-state index in [-0.39, 0.29) is 52.7 Å². The quantitative estimate of drug-likeness (QED) is 0.438. The molecule has 0 radical (unpaired) electrons. The third-order valence-electron chi connectivity index (χ3n) is 6.77. The van der Waals surface area contributed by atoms with Gasteiger partial charge in [-0.05, 0) is 20.4 Å². The van der Waals surface area contributed by atoms with Crippen molar-refractivity contribution in [3.63, 3.8) is 0 Å². The summed E-state index contributed by atoms with van der Waals surface area (Å²) in [6.07, 6.45) is 2.44. The summed E-state index contributed by atoms with van der Waals surface area (Å²) in [4.78, 5) is 41.3. The van der Waals surface area contributed by atoms with E-state index in [9.17, 15) is 19.5 Å². The van der Waals surface area contributed by atoms with Gasteiger partial charge in [0, 0.05) is 43.3 Å². The highest BCUT2D eigenvalue weighted by molar-refractivity contribution is 8.03. The van der Waals surface area contributed by atoms with Crippen molar-refractivity contribution in [3.05, 3.63) is 22.5 Å².